The van der Waals surface area contributed by atoms with E-state index < -0.39 is 0 Å². The van der Waals surface area contributed by atoms with Crippen LogP contribution < -0.4 is 9.47 Å². The van der Waals surface area contributed by atoms with Gasteiger partial charge >= 0.3 is 0 Å². The lowest BCUT2D eigenvalue weighted by Gasteiger charge is -2.12. The van der Waals surface area contributed by atoms with Crippen molar-refractivity contribution in [3.63, 3.8) is 0 Å². The van der Waals surface area contributed by atoms with Crippen LogP contribution in [0, 0.1) is 0 Å². The second-order valence-corrected chi connectivity index (χ2v) is 4.56. The molecule has 7 nitrogen and oxygen atoms in total. The minimum atomic E-state index is 0.524. The van der Waals surface area contributed by atoms with Crippen molar-refractivity contribution < 1.29 is 9.47 Å². The fraction of sp³-hybridized carbons (Fsp3) is 0.200. The first kappa shape index (κ1) is 14.0. The monoisotopic (exact) mass is 297 g/mol. The Kier molecular flexibility index (Phi) is 3.95. The maximum Gasteiger partial charge on any atom is 0.186 e. The van der Waals surface area contributed by atoms with E-state index in [2.05, 4.69) is 20.5 Å². The van der Waals surface area contributed by atoms with Gasteiger partial charge in [0.25, 0.3) is 0 Å². The van der Waals surface area contributed by atoms with Crippen LogP contribution in [0.4, 0.5) is 0 Å². The lowest BCUT2D eigenvalue weighted by atomic mass is 10.1. The van der Waals surface area contributed by atoms with Crippen LogP contribution in [0.5, 0.6) is 11.5 Å². The number of rotatable bonds is 5. The zero-order chi connectivity index (χ0) is 15.4. The molecule has 112 valence electrons. The topological polar surface area (TPSA) is 75.0 Å². The maximum absolute atomic E-state index is 5.45. The number of ether oxygens (including phenoxy) is 2. The Balaban J connectivity index is 2.02. The molecule has 2 heterocycles. The predicted octanol–water partition coefficient (Wildman–Crippen LogP) is 1.80. The molecule has 3 rings (SSSR count). The molecule has 3 aromatic rings. The molecule has 0 bridgehead atoms. The Bertz CT molecular complexity index is 758. The summed E-state index contributed by atoms with van der Waals surface area (Å²) in [6.45, 7) is 0.524. The van der Waals surface area contributed by atoms with Gasteiger partial charge in [-0.15, -0.1) is 5.10 Å². The average Bonchev–Trinajstić information content (AvgIpc) is 3.02. The molecule has 1 aromatic carbocycles. The molecule has 2 aromatic heterocycles. The third-order valence-corrected chi connectivity index (χ3v) is 3.23. The largest absolute Gasteiger partial charge is 0.493 e. The van der Waals surface area contributed by atoms with Crippen LogP contribution in [0.2, 0.25) is 0 Å². The van der Waals surface area contributed by atoms with Gasteiger partial charge in [0.05, 0.1) is 26.3 Å². The molecule has 0 aliphatic heterocycles. The lowest BCUT2D eigenvalue weighted by molar-refractivity contribution is 0.356. The summed E-state index contributed by atoms with van der Waals surface area (Å²) in [4.78, 5) is 4.10. The van der Waals surface area contributed by atoms with Gasteiger partial charge in [-0.05, 0) is 34.2 Å². The minimum absolute atomic E-state index is 0.524. The molecule has 22 heavy (non-hydrogen) atoms. The van der Waals surface area contributed by atoms with Crippen LogP contribution >= 0.6 is 0 Å². The molecular formula is C15H15N5O2. The first-order valence-corrected chi connectivity index (χ1v) is 6.70. The molecule has 0 fully saturated rings. The van der Waals surface area contributed by atoms with Crippen LogP contribution in [-0.2, 0) is 6.54 Å². The van der Waals surface area contributed by atoms with Crippen molar-refractivity contribution in [2.45, 2.75) is 6.54 Å². The van der Waals surface area contributed by atoms with Crippen molar-refractivity contribution in [1.29, 1.82) is 0 Å². The van der Waals surface area contributed by atoms with Gasteiger partial charge in [0.2, 0.25) is 0 Å². The Morgan fingerprint density at radius 3 is 2.73 bits per heavy atom. The summed E-state index contributed by atoms with van der Waals surface area (Å²) in [5.74, 6) is 1.85. The third-order valence-electron chi connectivity index (χ3n) is 3.23. The zero-order valence-corrected chi connectivity index (χ0v) is 12.3. The standard InChI is InChI=1S/C15H15N5O2/c1-21-13-7-3-6-12(14(13)22-2)15-17-18-19-20(15)10-11-5-4-8-16-9-11/h3-9H,10H2,1-2H3. The summed E-state index contributed by atoms with van der Waals surface area (Å²) in [7, 11) is 3.19. The highest BCUT2D eigenvalue weighted by Gasteiger charge is 2.17. The van der Waals surface area contributed by atoms with Gasteiger partial charge in [0.1, 0.15) is 0 Å². The molecule has 7 heteroatoms. The maximum atomic E-state index is 5.45. The van der Waals surface area contributed by atoms with Gasteiger partial charge < -0.3 is 9.47 Å². The van der Waals surface area contributed by atoms with E-state index in [1.165, 1.54) is 0 Å². The fourth-order valence-electron chi connectivity index (χ4n) is 2.23. The molecule has 0 N–H and O–H groups in total. The van der Waals surface area contributed by atoms with E-state index in [0.717, 1.165) is 11.1 Å². The minimum Gasteiger partial charge on any atom is -0.493 e. The number of pyridine rings is 1. The summed E-state index contributed by atoms with van der Waals surface area (Å²) in [5.41, 5.74) is 1.79. The lowest BCUT2D eigenvalue weighted by Crippen LogP contribution is -2.05. The molecule has 0 saturated heterocycles. The molecule has 0 aliphatic rings. The van der Waals surface area contributed by atoms with Crippen LogP contribution in [-0.4, -0.2) is 39.4 Å². The molecule has 0 aliphatic carbocycles. The fourth-order valence-corrected chi connectivity index (χ4v) is 2.23. The van der Waals surface area contributed by atoms with Gasteiger partial charge in [-0.25, -0.2) is 4.68 Å². The number of para-hydroxylation sites is 1. The second-order valence-electron chi connectivity index (χ2n) is 4.56. The van der Waals surface area contributed by atoms with E-state index >= 15 is 0 Å². The van der Waals surface area contributed by atoms with Crippen LogP contribution in [0.15, 0.2) is 42.7 Å². The van der Waals surface area contributed by atoms with Crippen molar-refractivity contribution >= 4 is 0 Å². The Hall–Kier alpha value is -2.96. The Morgan fingerprint density at radius 2 is 2.00 bits per heavy atom. The van der Waals surface area contributed by atoms with Crippen molar-refractivity contribution in [2.75, 3.05) is 14.2 Å². The molecule has 0 amide bonds. The Labute approximate surface area is 127 Å². The number of methoxy groups -OCH3 is 2. The van der Waals surface area contributed by atoms with Gasteiger partial charge in [-0.1, -0.05) is 12.1 Å². The highest BCUT2D eigenvalue weighted by molar-refractivity contribution is 5.68. The van der Waals surface area contributed by atoms with Gasteiger partial charge in [-0.2, -0.15) is 0 Å². The normalized spacial score (nSPS) is 10.5. The van der Waals surface area contributed by atoms with E-state index in [-0.39, 0.29) is 0 Å². The number of hydrogen-bond acceptors (Lipinski definition) is 6. The van der Waals surface area contributed by atoms with E-state index in [0.29, 0.717) is 23.9 Å². The number of nitrogens with zero attached hydrogens (tertiary/aromatic N) is 5. The van der Waals surface area contributed by atoms with E-state index in [9.17, 15) is 0 Å². The number of aromatic nitrogens is 5. The van der Waals surface area contributed by atoms with E-state index in [1.54, 1.807) is 31.3 Å². The molecule has 0 saturated carbocycles. The number of tetrazole rings is 1. The van der Waals surface area contributed by atoms with Gasteiger partial charge in [-0.3, -0.25) is 4.98 Å². The van der Waals surface area contributed by atoms with E-state index in [4.69, 9.17) is 9.47 Å². The van der Waals surface area contributed by atoms with E-state index in [1.807, 2.05) is 30.3 Å². The second kappa shape index (κ2) is 6.21. The summed E-state index contributed by atoms with van der Waals surface area (Å²) in [6.07, 6.45) is 3.52. The smallest absolute Gasteiger partial charge is 0.186 e. The quantitative estimate of drug-likeness (QED) is 0.715. The predicted molar refractivity (Wildman–Crippen MR) is 79.7 cm³/mol. The van der Waals surface area contributed by atoms with Crippen LogP contribution in [0.3, 0.4) is 0 Å². The molecule has 0 spiro atoms. The summed E-state index contributed by atoms with van der Waals surface area (Å²) in [5, 5.41) is 11.9. The van der Waals surface area contributed by atoms with Crippen LogP contribution in [0.1, 0.15) is 5.56 Å². The number of benzene rings is 1. The molecule has 0 radical (unpaired) electrons. The first-order valence-electron chi connectivity index (χ1n) is 6.70. The molecule has 0 unspecified atom stereocenters. The summed E-state index contributed by atoms with van der Waals surface area (Å²) >= 11 is 0. The van der Waals surface area contributed by atoms with Crippen LogP contribution in [0.25, 0.3) is 11.4 Å². The highest BCUT2D eigenvalue weighted by Crippen LogP contribution is 2.36. The van der Waals surface area contributed by atoms with Gasteiger partial charge in [0, 0.05) is 12.4 Å². The zero-order valence-electron chi connectivity index (χ0n) is 12.3. The van der Waals surface area contributed by atoms with Crippen molar-refractivity contribution in [1.82, 2.24) is 25.2 Å². The Morgan fingerprint density at radius 1 is 1.09 bits per heavy atom. The first-order chi connectivity index (χ1) is 10.8. The highest BCUT2D eigenvalue weighted by atomic mass is 16.5. The van der Waals surface area contributed by atoms with Crippen molar-refractivity contribution in [2.24, 2.45) is 0 Å². The SMILES string of the molecule is COc1cccc(-c2nnnn2Cc2cccnc2)c1OC. The summed E-state index contributed by atoms with van der Waals surface area (Å²) < 4.78 is 12.5. The van der Waals surface area contributed by atoms with Gasteiger partial charge in [0.15, 0.2) is 17.3 Å². The third kappa shape index (κ3) is 2.60. The van der Waals surface area contributed by atoms with Crippen molar-refractivity contribution in [3.8, 4) is 22.9 Å². The molecule has 0 atom stereocenters. The van der Waals surface area contributed by atoms with Crippen molar-refractivity contribution in [3.05, 3.63) is 48.3 Å². The summed E-state index contributed by atoms with van der Waals surface area (Å²) in [6, 6.07) is 9.46. The number of hydrogen-bond donors (Lipinski definition) is 0. The molecular weight excluding hydrogens is 282 g/mol. The average molecular weight is 297 g/mol.